The van der Waals surface area contributed by atoms with Gasteiger partial charge >= 0.3 is 5.97 Å². The highest BCUT2D eigenvalue weighted by atomic mass is 16.4. The number of nitrogens with zero attached hydrogens (tertiary/aromatic N) is 3. The van der Waals surface area contributed by atoms with Gasteiger partial charge in [0.2, 0.25) is 0 Å². The van der Waals surface area contributed by atoms with Gasteiger partial charge in [-0.3, -0.25) is 4.79 Å². The molecule has 0 aliphatic carbocycles. The van der Waals surface area contributed by atoms with Gasteiger partial charge < -0.3 is 14.6 Å². The maximum absolute atomic E-state index is 11.5. The molecular formula is C14H23N3O2. The van der Waals surface area contributed by atoms with Gasteiger partial charge in [0, 0.05) is 25.5 Å². The van der Waals surface area contributed by atoms with Crippen molar-refractivity contribution in [1.82, 2.24) is 14.5 Å². The van der Waals surface area contributed by atoms with Crippen LogP contribution in [0.15, 0.2) is 18.7 Å². The number of carboxylic acid groups (broad SMARTS) is 1. The Labute approximate surface area is 114 Å². The molecule has 0 bridgehead atoms. The second-order valence-corrected chi connectivity index (χ2v) is 5.52. The molecule has 5 nitrogen and oxygen atoms in total. The molecule has 1 fully saturated rings. The summed E-state index contributed by atoms with van der Waals surface area (Å²) in [4.78, 5) is 17.8. The number of aromatic nitrogens is 2. The van der Waals surface area contributed by atoms with Crippen LogP contribution in [0.5, 0.6) is 0 Å². The predicted molar refractivity (Wildman–Crippen MR) is 72.9 cm³/mol. The minimum atomic E-state index is -0.619. The average molecular weight is 265 g/mol. The Kier molecular flexibility index (Phi) is 4.58. The van der Waals surface area contributed by atoms with E-state index >= 15 is 0 Å². The fraction of sp³-hybridized carbons (Fsp3) is 0.714. The maximum Gasteiger partial charge on any atom is 0.310 e. The molecule has 0 spiro atoms. The van der Waals surface area contributed by atoms with Crippen molar-refractivity contribution in [2.75, 3.05) is 19.6 Å². The molecule has 1 aliphatic heterocycles. The lowest BCUT2D eigenvalue weighted by Gasteiger charge is -2.24. The van der Waals surface area contributed by atoms with Crippen molar-refractivity contribution < 1.29 is 9.90 Å². The van der Waals surface area contributed by atoms with E-state index in [9.17, 15) is 9.90 Å². The molecule has 2 heterocycles. The van der Waals surface area contributed by atoms with Gasteiger partial charge in [0.25, 0.3) is 0 Å². The summed E-state index contributed by atoms with van der Waals surface area (Å²) in [5.74, 6) is -0.619. The second kappa shape index (κ2) is 6.19. The fourth-order valence-electron chi connectivity index (χ4n) is 3.01. The van der Waals surface area contributed by atoms with E-state index in [1.807, 2.05) is 12.5 Å². The zero-order chi connectivity index (χ0) is 13.7. The SMILES string of the molecule is CCCC1(C(=O)O)CCN(CCCn2ccnc2)C1. The fourth-order valence-corrected chi connectivity index (χ4v) is 3.01. The molecule has 19 heavy (non-hydrogen) atoms. The first-order chi connectivity index (χ1) is 9.16. The molecule has 1 aliphatic rings. The summed E-state index contributed by atoms with van der Waals surface area (Å²) >= 11 is 0. The molecule has 0 aromatic carbocycles. The summed E-state index contributed by atoms with van der Waals surface area (Å²) in [5.41, 5.74) is -0.496. The molecular weight excluding hydrogens is 242 g/mol. The van der Waals surface area contributed by atoms with Crippen LogP contribution in [-0.4, -0.2) is 45.2 Å². The van der Waals surface area contributed by atoms with Crippen molar-refractivity contribution in [2.24, 2.45) is 5.41 Å². The van der Waals surface area contributed by atoms with E-state index in [1.165, 1.54) is 0 Å². The quantitative estimate of drug-likeness (QED) is 0.817. The number of aryl methyl sites for hydroxylation is 1. The van der Waals surface area contributed by atoms with Crippen LogP contribution in [0.3, 0.4) is 0 Å². The zero-order valence-corrected chi connectivity index (χ0v) is 11.6. The Morgan fingerprint density at radius 1 is 1.47 bits per heavy atom. The van der Waals surface area contributed by atoms with Crippen molar-refractivity contribution in [3.05, 3.63) is 18.7 Å². The molecule has 0 saturated carbocycles. The molecule has 1 aromatic rings. The van der Waals surface area contributed by atoms with Crippen LogP contribution in [0, 0.1) is 5.41 Å². The third-order valence-corrected chi connectivity index (χ3v) is 4.06. The Hall–Kier alpha value is -1.36. The highest BCUT2D eigenvalue weighted by molar-refractivity contribution is 5.75. The maximum atomic E-state index is 11.5. The summed E-state index contributed by atoms with van der Waals surface area (Å²) in [6.45, 7) is 5.60. The van der Waals surface area contributed by atoms with Crippen LogP contribution >= 0.6 is 0 Å². The molecule has 2 rings (SSSR count). The van der Waals surface area contributed by atoms with Crippen LogP contribution < -0.4 is 0 Å². The van der Waals surface area contributed by atoms with Crippen molar-refractivity contribution in [2.45, 2.75) is 39.2 Å². The van der Waals surface area contributed by atoms with Crippen molar-refractivity contribution >= 4 is 5.97 Å². The minimum Gasteiger partial charge on any atom is -0.481 e. The minimum absolute atomic E-state index is 0.496. The van der Waals surface area contributed by atoms with Gasteiger partial charge in [-0.2, -0.15) is 0 Å². The third-order valence-electron chi connectivity index (χ3n) is 4.06. The molecule has 1 saturated heterocycles. The molecule has 1 aromatic heterocycles. The standard InChI is InChI=1S/C14H23N3O2/c1-2-4-14(13(18)19)5-9-16(11-14)7-3-8-17-10-6-15-12-17/h6,10,12H,2-5,7-9,11H2,1H3,(H,18,19). The smallest absolute Gasteiger partial charge is 0.310 e. The second-order valence-electron chi connectivity index (χ2n) is 5.52. The highest BCUT2D eigenvalue weighted by Crippen LogP contribution is 2.35. The zero-order valence-electron chi connectivity index (χ0n) is 11.6. The Morgan fingerprint density at radius 3 is 2.95 bits per heavy atom. The van der Waals surface area contributed by atoms with E-state index < -0.39 is 11.4 Å². The lowest BCUT2D eigenvalue weighted by molar-refractivity contribution is -0.148. The summed E-state index contributed by atoms with van der Waals surface area (Å²) in [6.07, 6.45) is 9.13. The van der Waals surface area contributed by atoms with Crippen molar-refractivity contribution in [3.8, 4) is 0 Å². The molecule has 0 amide bonds. The van der Waals surface area contributed by atoms with Gasteiger partial charge in [-0.05, 0) is 32.4 Å². The Balaban J connectivity index is 1.79. The van der Waals surface area contributed by atoms with Crippen molar-refractivity contribution in [1.29, 1.82) is 0 Å². The van der Waals surface area contributed by atoms with Crippen LogP contribution in [0.1, 0.15) is 32.6 Å². The first-order valence-corrected chi connectivity index (χ1v) is 7.08. The molecule has 1 atom stereocenters. The van der Waals surface area contributed by atoms with Crippen LogP contribution in [0.4, 0.5) is 0 Å². The molecule has 5 heteroatoms. The lowest BCUT2D eigenvalue weighted by Crippen LogP contribution is -2.35. The lowest BCUT2D eigenvalue weighted by atomic mass is 9.83. The van der Waals surface area contributed by atoms with Crippen LogP contribution in [0.2, 0.25) is 0 Å². The molecule has 0 radical (unpaired) electrons. The van der Waals surface area contributed by atoms with Gasteiger partial charge in [0.1, 0.15) is 0 Å². The van der Waals surface area contributed by atoms with E-state index in [-0.39, 0.29) is 0 Å². The first kappa shape index (κ1) is 14.1. The largest absolute Gasteiger partial charge is 0.481 e. The van der Waals surface area contributed by atoms with Crippen molar-refractivity contribution in [3.63, 3.8) is 0 Å². The molecule has 106 valence electrons. The number of carboxylic acids is 1. The third kappa shape index (κ3) is 3.35. The predicted octanol–water partition coefficient (Wildman–Crippen LogP) is 1.85. The number of rotatable bonds is 7. The normalized spacial score (nSPS) is 23.8. The number of carbonyl (C=O) groups is 1. The number of aliphatic carboxylic acids is 1. The van der Waals surface area contributed by atoms with Crippen LogP contribution in [-0.2, 0) is 11.3 Å². The number of likely N-dealkylation sites (tertiary alicyclic amines) is 1. The molecule has 1 N–H and O–H groups in total. The summed E-state index contributed by atoms with van der Waals surface area (Å²) in [7, 11) is 0. The monoisotopic (exact) mass is 265 g/mol. The number of hydrogen-bond acceptors (Lipinski definition) is 3. The van der Waals surface area contributed by atoms with E-state index in [4.69, 9.17) is 0 Å². The van der Waals surface area contributed by atoms with Gasteiger partial charge in [-0.25, -0.2) is 4.98 Å². The summed E-state index contributed by atoms with van der Waals surface area (Å²) in [5, 5.41) is 9.45. The van der Waals surface area contributed by atoms with Gasteiger partial charge in [-0.15, -0.1) is 0 Å². The van der Waals surface area contributed by atoms with Gasteiger partial charge in [0.15, 0.2) is 0 Å². The summed E-state index contributed by atoms with van der Waals surface area (Å²) in [6, 6.07) is 0. The van der Waals surface area contributed by atoms with E-state index in [1.54, 1.807) is 6.20 Å². The Bertz CT molecular complexity index is 405. The van der Waals surface area contributed by atoms with Gasteiger partial charge in [0.05, 0.1) is 11.7 Å². The van der Waals surface area contributed by atoms with E-state index in [0.717, 1.165) is 45.3 Å². The topological polar surface area (TPSA) is 58.4 Å². The first-order valence-electron chi connectivity index (χ1n) is 7.08. The number of hydrogen-bond donors (Lipinski definition) is 1. The van der Waals surface area contributed by atoms with E-state index in [2.05, 4.69) is 21.4 Å². The highest BCUT2D eigenvalue weighted by Gasteiger charge is 2.43. The van der Waals surface area contributed by atoms with Gasteiger partial charge in [-0.1, -0.05) is 13.3 Å². The summed E-state index contributed by atoms with van der Waals surface area (Å²) < 4.78 is 2.06. The average Bonchev–Trinajstić information content (AvgIpc) is 3.00. The van der Waals surface area contributed by atoms with E-state index in [0.29, 0.717) is 6.54 Å². The molecule has 1 unspecified atom stereocenters. The Morgan fingerprint density at radius 2 is 2.32 bits per heavy atom. The number of imidazole rings is 1. The van der Waals surface area contributed by atoms with Crippen LogP contribution in [0.25, 0.3) is 0 Å².